The molecule has 2 aromatic heterocycles. The van der Waals surface area contributed by atoms with Crippen molar-refractivity contribution in [3.8, 4) is 0 Å². The highest BCUT2D eigenvalue weighted by Crippen LogP contribution is 2.28. The lowest BCUT2D eigenvalue weighted by molar-refractivity contribution is -0.144. The van der Waals surface area contributed by atoms with E-state index in [9.17, 15) is 13.2 Å². The van der Waals surface area contributed by atoms with Gasteiger partial charge in [0.25, 0.3) is 0 Å². The molecule has 0 fully saturated rings. The van der Waals surface area contributed by atoms with Crippen LogP contribution in [0, 0.1) is 0 Å². The zero-order valence-corrected chi connectivity index (χ0v) is 11.8. The second-order valence-electron chi connectivity index (χ2n) is 3.77. The number of hydrogen-bond donors (Lipinski definition) is 2. The van der Waals surface area contributed by atoms with Gasteiger partial charge in [0.2, 0.25) is 5.82 Å². The van der Waals surface area contributed by atoms with Crippen molar-refractivity contribution in [3.63, 3.8) is 0 Å². The lowest BCUT2D eigenvalue weighted by Gasteiger charge is -2.10. The van der Waals surface area contributed by atoms with Gasteiger partial charge in [0.15, 0.2) is 0 Å². The highest BCUT2D eigenvalue weighted by molar-refractivity contribution is 7.16. The van der Waals surface area contributed by atoms with Gasteiger partial charge in [0.05, 0.1) is 10.9 Å². The zero-order valence-electron chi connectivity index (χ0n) is 10.3. The average molecular weight is 323 g/mol. The van der Waals surface area contributed by atoms with Crippen molar-refractivity contribution in [1.82, 2.24) is 9.97 Å². The van der Waals surface area contributed by atoms with Crippen molar-refractivity contribution in [2.45, 2.75) is 12.7 Å². The summed E-state index contributed by atoms with van der Waals surface area (Å²) < 4.78 is 38.6. The van der Waals surface area contributed by atoms with Crippen LogP contribution in [0.15, 0.2) is 18.2 Å². The van der Waals surface area contributed by atoms with Crippen LogP contribution in [0.1, 0.15) is 10.7 Å². The summed E-state index contributed by atoms with van der Waals surface area (Å²) in [7, 11) is 1.49. The Morgan fingerprint density at radius 1 is 1.25 bits per heavy atom. The van der Waals surface area contributed by atoms with Crippen LogP contribution in [0.4, 0.5) is 24.8 Å². The smallest absolute Gasteiger partial charge is 0.373 e. The molecule has 0 radical (unpaired) electrons. The van der Waals surface area contributed by atoms with Crippen molar-refractivity contribution in [3.05, 3.63) is 33.2 Å². The Bertz CT molecular complexity index is 600. The average Bonchev–Trinajstić information content (AvgIpc) is 2.81. The Kier molecular flexibility index (Phi) is 4.34. The molecule has 0 atom stereocenters. The van der Waals surface area contributed by atoms with E-state index >= 15 is 0 Å². The van der Waals surface area contributed by atoms with Crippen LogP contribution >= 0.6 is 22.9 Å². The van der Waals surface area contributed by atoms with Crippen LogP contribution in [-0.2, 0) is 12.7 Å². The number of nitrogens with one attached hydrogen (secondary N) is 2. The molecule has 9 heteroatoms. The molecule has 0 aliphatic carbocycles. The standard InChI is InChI=1S/C11H10ClF3N4S/c1-16-8-4-9(19-10(18-8)11(13,14)15)17-5-6-2-3-7(12)20-6/h2-4H,5H2,1H3,(H2,16,17,18,19). The van der Waals surface area contributed by atoms with Crippen LogP contribution in [0.2, 0.25) is 4.34 Å². The molecule has 2 rings (SSSR count). The van der Waals surface area contributed by atoms with E-state index in [4.69, 9.17) is 11.6 Å². The lowest BCUT2D eigenvalue weighted by Crippen LogP contribution is -2.14. The number of anilines is 2. The number of aromatic nitrogens is 2. The minimum absolute atomic E-state index is 0.0963. The van der Waals surface area contributed by atoms with Gasteiger partial charge in [0, 0.05) is 18.0 Å². The maximum atomic E-state index is 12.7. The van der Waals surface area contributed by atoms with E-state index in [1.54, 1.807) is 12.1 Å². The van der Waals surface area contributed by atoms with E-state index in [-0.39, 0.29) is 11.6 Å². The molecule has 0 bridgehead atoms. The van der Waals surface area contributed by atoms with Gasteiger partial charge in [-0.2, -0.15) is 13.2 Å². The summed E-state index contributed by atoms with van der Waals surface area (Å²) in [6.45, 7) is 0.342. The fourth-order valence-corrected chi connectivity index (χ4v) is 2.44. The fraction of sp³-hybridized carbons (Fsp3) is 0.273. The molecule has 108 valence electrons. The molecule has 0 amide bonds. The SMILES string of the molecule is CNc1cc(NCc2ccc(Cl)s2)nc(C(F)(F)F)n1. The number of thiophene rings is 1. The summed E-state index contributed by atoms with van der Waals surface area (Å²) in [5.41, 5.74) is 0. The Balaban J connectivity index is 2.18. The first kappa shape index (κ1) is 14.9. The van der Waals surface area contributed by atoms with Crippen LogP contribution in [0.3, 0.4) is 0 Å². The largest absolute Gasteiger partial charge is 0.451 e. The van der Waals surface area contributed by atoms with Gasteiger partial charge in [-0.15, -0.1) is 11.3 Å². The van der Waals surface area contributed by atoms with Crippen LogP contribution in [0.25, 0.3) is 0 Å². The molecule has 0 unspecified atom stereocenters. The maximum absolute atomic E-state index is 12.7. The molecule has 2 heterocycles. The summed E-state index contributed by atoms with van der Waals surface area (Å²) in [5, 5.41) is 5.39. The molecule has 20 heavy (non-hydrogen) atoms. The third kappa shape index (κ3) is 3.73. The van der Waals surface area contributed by atoms with Gasteiger partial charge >= 0.3 is 6.18 Å². The van der Waals surface area contributed by atoms with Crippen molar-refractivity contribution < 1.29 is 13.2 Å². The van der Waals surface area contributed by atoms with Gasteiger partial charge < -0.3 is 10.6 Å². The summed E-state index contributed by atoms with van der Waals surface area (Å²) in [6, 6.07) is 4.93. The molecule has 0 saturated carbocycles. The number of hydrogen-bond acceptors (Lipinski definition) is 5. The molecule has 0 saturated heterocycles. The maximum Gasteiger partial charge on any atom is 0.451 e. The molecule has 0 aliphatic rings. The highest BCUT2D eigenvalue weighted by atomic mass is 35.5. The third-order valence-corrected chi connectivity index (χ3v) is 3.54. The second-order valence-corrected chi connectivity index (χ2v) is 5.57. The Hall–Kier alpha value is -1.54. The van der Waals surface area contributed by atoms with Gasteiger partial charge in [-0.3, -0.25) is 0 Å². The minimum atomic E-state index is -4.59. The van der Waals surface area contributed by atoms with E-state index in [2.05, 4.69) is 20.6 Å². The van der Waals surface area contributed by atoms with Crippen LogP contribution < -0.4 is 10.6 Å². The Morgan fingerprint density at radius 2 is 1.95 bits per heavy atom. The fourth-order valence-electron chi connectivity index (χ4n) is 1.42. The van der Waals surface area contributed by atoms with Gasteiger partial charge in [-0.25, -0.2) is 9.97 Å². The molecule has 0 aliphatic heterocycles. The molecular formula is C11H10ClF3N4S. The molecule has 2 N–H and O–H groups in total. The number of rotatable bonds is 4. The van der Waals surface area contributed by atoms with E-state index < -0.39 is 12.0 Å². The predicted molar refractivity (Wildman–Crippen MR) is 73.2 cm³/mol. The summed E-state index contributed by atoms with van der Waals surface area (Å²) >= 11 is 7.13. The summed E-state index contributed by atoms with van der Waals surface area (Å²) in [6.07, 6.45) is -4.59. The topological polar surface area (TPSA) is 49.8 Å². The highest BCUT2D eigenvalue weighted by Gasteiger charge is 2.35. The molecular weight excluding hydrogens is 313 g/mol. The predicted octanol–water partition coefficient (Wildman–Crippen LogP) is 3.86. The number of halogens is 4. The van der Waals surface area contributed by atoms with E-state index in [0.717, 1.165) is 4.88 Å². The van der Waals surface area contributed by atoms with Crippen LogP contribution in [0.5, 0.6) is 0 Å². The molecule has 2 aromatic rings. The van der Waals surface area contributed by atoms with E-state index in [0.29, 0.717) is 10.9 Å². The first-order valence-electron chi connectivity index (χ1n) is 5.50. The quantitative estimate of drug-likeness (QED) is 0.897. The minimum Gasteiger partial charge on any atom is -0.373 e. The second kappa shape index (κ2) is 5.84. The Morgan fingerprint density at radius 3 is 2.50 bits per heavy atom. The Labute approximate surface area is 122 Å². The van der Waals surface area contributed by atoms with Crippen LogP contribution in [-0.4, -0.2) is 17.0 Å². The van der Waals surface area contributed by atoms with E-state index in [1.807, 2.05) is 0 Å². The first-order valence-corrected chi connectivity index (χ1v) is 6.70. The van der Waals surface area contributed by atoms with Crippen molar-refractivity contribution in [2.75, 3.05) is 17.7 Å². The normalized spacial score (nSPS) is 11.4. The third-order valence-electron chi connectivity index (χ3n) is 2.31. The first-order chi connectivity index (χ1) is 9.38. The van der Waals surface area contributed by atoms with Crippen molar-refractivity contribution in [2.24, 2.45) is 0 Å². The molecule has 4 nitrogen and oxygen atoms in total. The van der Waals surface area contributed by atoms with Gasteiger partial charge in [0.1, 0.15) is 11.6 Å². The number of alkyl halides is 3. The molecule has 0 spiro atoms. The van der Waals surface area contributed by atoms with E-state index in [1.165, 1.54) is 24.5 Å². The molecule has 0 aromatic carbocycles. The summed E-state index contributed by atoms with van der Waals surface area (Å²) in [5.74, 6) is -0.990. The van der Waals surface area contributed by atoms with Crippen molar-refractivity contribution in [1.29, 1.82) is 0 Å². The van der Waals surface area contributed by atoms with Gasteiger partial charge in [-0.1, -0.05) is 11.6 Å². The zero-order chi connectivity index (χ0) is 14.8. The monoisotopic (exact) mass is 322 g/mol. The van der Waals surface area contributed by atoms with Gasteiger partial charge in [-0.05, 0) is 12.1 Å². The lowest BCUT2D eigenvalue weighted by atomic mass is 10.4. The van der Waals surface area contributed by atoms with Crippen molar-refractivity contribution >= 4 is 34.6 Å². The number of nitrogens with zero attached hydrogens (tertiary/aromatic N) is 2. The summed E-state index contributed by atoms with van der Waals surface area (Å²) in [4.78, 5) is 7.73.